The molecule has 2 fully saturated rings. The maximum absolute atomic E-state index is 12.0. The van der Waals surface area contributed by atoms with Gasteiger partial charge in [0.25, 0.3) is 5.91 Å². The summed E-state index contributed by atoms with van der Waals surface area (Å²) in [5.41, 5.74) is 1.02. The summed E-state index contributed by atoms with van der Waals surface area (Å²) in [5, 5.41) is 0. The van der Waals surface area contributed by atoms with Crippen LogP contribution in [0.15, 0.2) is 11.8 Å². The minimum Gasteiger partial charge on any atom is -0.338 e. The predicted octanol–water partition coefficient (Wildman–Crippen LogP) is 1.03. The first-order chi connectivity index (χ1) is 7.08. The topological polar surface area (TPSA) is 38.8 Å². The molecule has 0 spiro atoms. The van der Waals surface area contributed by atoms with Gasteiger partial charge in [-0.05, 0) is 26.7 Å². The Balaban J connectivity index is 1.96. The van der Waals surface area contributed by atoms with Gasteiger partial charge in [-0.25, -0.2) is 0 Å². The quantitative estimate of drug-likeness (QED) is 0.598. The third-order valence-electron chi connectivity index (χ3n) is 3.15. The van der Waals surface area contributed by atoms with Gasteiger partial charge in [0.1, 0.15) is 6.10 Å². The third kappa shape index (κ3) is 1.25. The zero-order valence-corrected chi connectivity index (χ0v) is 9.03. The Morgan fingerprint density at radius 1 is 1.40 bits per heavy atom. The van der Waals surface area contributed by atoms with Crippen LogP contribution in [-0.4, -0.2) is 35.3 Å². The molecular formula is C11H15NO3. The molecule has 1 amide bonds. The van der Waals surface area contributed by atoms with Crippen LogP contribution in [0.2, 0.25) is 0 Å². The SMILES string of the molecule is CC1(C)O[C@@H]2C3=CCCCN3C(=O)[C@@H]2O1. The molecule has 2 atom stereocenters. The summed E-state index contributed by atoms with van der Waals surface area (Å²) in [4.78, 5) is 13.8. The van der Waals surface area contributed by atoms with E-state index in [1.54, 1.807) is 0 Å². The van der Waals surface area contributed by atoms with Crippen molar-refractivity contribution >= 4 is 5.91 Å². The summed E-state index contributed by atoms with van der Waals surface area (Å²) in [7, 11) is 0. The van der Waals surface area contributed by atoms with Gasteiger partial charge in [0.05, 0.1) is 0 Å². The Kier molecular flexibility index (Phi) is 1.77. The molecule has 3 heterocycles. The maximum Gasteiger partial charge on any atom is 0.259 e. The van der Waals surface area contributed by atoms with Gasteiger partial charge in [-0.15, -0.1) is 0 Å². The molecule has 3 aliphatic rings. The molecule has 4 heteroatoms. The van der Waals surface area contributed by atoms with Gasteiger partial charge in [-0.2, -0.15) is 0 Å². The first-order valence-corrected chi connectivity index (χ1v) is 5.45. The standard InChI is InChI=1S/C11H15NO3/c1-11(2)14-8-7-5-3-4-6-12(7)10(13)9(8)15-11/h5,8-9H,3-4,6H2,1-2H3/t8-,9-/m1/s1. The van der Waals surface area contributed by atoms with Crippen LogP contribution in [0, 0.1) is 0 Å². The number of rotatable bonds is 0. The molecule has 0 radical (unpaired) electrons. The number of allylic oxidation sites excluding steroid dienone is 1. The van der Waals surface area contributed by atoms with Gasteiger partial charge < -0.3 is 14.4 Å². The van der Waals surface area contributed by atoms with Crippen molar-refractivity contribution < 1.29 is 14.3 Å². The number of amides is 1. The second-order valence-electron chi connectivity index (χ2n) is 4.74. The molecule has 3 aliphatic heterocycles. The summed E-state index contributed by atoms with van der Waals surface area (Å²) in [6.07, 6.45) is 3.60. The van der Waals surface area contributed by atoms with E-state index in [4.69, 9.17) is 9.47 Å². The average molecular weight is 209 g/mol. The van der Waals surface area contributed by atoms with Crippen molar-refractivity contribution in [2.24, 2.45) is 0 Å². The second-order valence-corrected chi connectivity index (χ2v) is 4.74. The first-order valence-electron chi connectivity index (χ1n) is 5.45. The van der Waals surface area contributed by atoms with Gasteiger partial charge >= 0.3 is 0 Å². The molecule has 82 valence electrons. The molecule has 0 bridgehead atoms. The molecule has 0 N–H and O–H groups in total. The van der Waals surface area contributed by atoms with E-state index in [0.717, 1.165) is 25.1 Å². The predicted molar refractivity (Wildman–Crippen MR) is 52.9 cm³/mol. The fraction of sp³-hybridized carbons (Fsp3) is 0.727. The summed E-state index contributed by atoms with van der Waals surface area (Å²) in [6.45, 7) is 4.52. The molecule has 0 unspecified atom stereocenters. The van der Waals surface area contributed by atoms with E-state index in [1.165, 1.54) is 0 Å². The van der Waals surface area contributed by atoms with Crippen molar-refractivity contribution in [2.45, 2.75) is 44.7 Å². The zero-order valence-electron chi connectivity index (χ0n) is 9.03. The monoisotopic (exact) mass is 209 g/mol. The van der Waals surface area contributed by atoms with Crippen molar-refractivity contribution in [1.29, 1.82) is 0 Å². The van der Waals surface area contributed by atoms with E-state index in [0.29, 0.717) is 0 Å². The van der Waals surface area contributed by atoms with Crippen LogP contribution < -0.4 is 0 Å². The fourth-order valence-electron chi connectivity index (χ4n) is 2.56. The lowest BCUT2D eigenvalue weighted by molar-refractivity contribution is -0.165. The van der Waals surface area contributed by atoms with E-state index in [-0.39, 0.29) is 12.0 Å². The van der Waals surface area contributed by atoms with Gasteiger partial charge in [-0.3, -0.25) is 4.79 Å². The summed E-state index contributed by atoms with van der Waals surface area (Å²) in [5.74, 6) is -0.563. The fourth-order valence-corrected chi connectivity index (χ4v) is 2.56. The highest BCUT2D eigenvalue weighted by Gasteiger charge is 2.55. The summed E-state index contributed by atoms with van der Waals surface area (Å²) < 4.78 is 11.4. The Morgan fingerprint density at radius 3 is 2.93 bits per heavy atom. The van der Waals surface area contributed by atoms with Crippen LogP contribution in [0.5, 0.6) is 0 Å². The van der Waals surface area contributed by atoms with Crippen LogP contribution in [0.1, 0.15) is 26.7 Å². The van der Waals surface area contributed by atoms with Crippen LogP contribution >= 0.6 is 0 Å². The highest BCUT2D eigenvalue weighted by atomic mass is 16.8. The van der Waals surface area contributed by atoms with Crippen molar-refractivity contribution in [3.05, 3.63) is 11.8 Å². The van der Waals surface area contributed by atoms with Gasteiger partial charge in [-0.1, -0.05) is 6.08 Å². The lowest BCUT2D eigenvalue weighted by Gasteiger charge is -2.26. The molecule has 4 nitrogen and oxygen atoms in total. The van der Waals surface area contributed by atoms with E-state index >= 15 is 0 Å². The van der Waals surface area contributed by atoms with Gasteiger partial charge in [0.2, 0.25) is 0 Å². The van der Waals surface area contributed by atoms with Crippen molar-refractivity contribution in [3.63, 3.8) is 0 Å². The van der Waals surface area contributed by atoms with Crippen LogP contribution in [0.4, 0.5) is 0 Å². The molecule has 0 aliphatic carbocycles. The molecule has 0 aromatic carbocycles. The number of hydrogen-bond donors (Lipinski definition) is 0. The molecule has 15 heavy (non-hydrogen) atoms. The number of carbonyl (C=O) groups is 1. The summed E-state index contributed by atoms with van der Waals surface area (Å²) >= 11 is 0. The maximum atomic E-state index is 12.0. The molecule has 0 saturated carbocycles. The lowest BCUT2D eigenvalue weighted by Crippen LogP contribution is -2.35. The normalized spacial score (nSPS) is 37.6. The third-order valence-corrected chi connectivity index (χ3v) is 3.15. The molecule has 0 aromatic rings. The average Bonchev–Trinajstić information content (AvgIpc) is 2.63. The molecule has 2 saturated heterocycles. The van der Waals surface area contributed by atoms with E-state index in [1.807, 2.05) is 18.7 Å². The highest BCUT2D eigenvalue weighted by molar-refractivity contribution is 5.88. The molecular weight excluding hydrogens is 194 g/mol. The number of fused-ring (bicyclic) bond motifs is 3. The van der Waals surface area contributed by atoms with Crippen LogP contribution in [-0.2, 0) is 14.3 Å². The number of carbonyl (C=O) groups excluding carboxylic acids is 1. The number of nitrogens with zero attached hydrogens (tertiary/aromatic N) is 1. The van der Waals surface area contributed by atoms with Gasteiger partial charge in [0.15, 0.2) is 11.9 Å². The van der Waals surface area contributed by atoms with Gasteiger partial charge in [0, 0.05) is 12.2 Å². The van der Waals surface area contributed by atoms with Crippen molar-refractivity contribution in [2.75, 3.05) is 6.54 Å². The minimum absolute atomic E-state index is 0.0662. The van der Waals surface area contributed by atoms with Crippen LogP contribution in [0.3, 0.4) is 0 Å². The zero-order chi connectivity index (χ0) is 10.6. The molecule has 0 aromatic heterocycles. The Labute approximate surface area is 88.8 Å². The first kappa shape index (κ1) is 9.36. The van der Waals surface area contributed by atoms with E-state index < -0.39 is 11.9 Å². The van der Waals surface area contributed by atoms with Crippen LogP contribution in [0.25, 0.3) is 0 Å². The number of ether oxygens (including phenoxy) is 2. The smallest absolute Gasteiger partial charge is 0.259 e. The summed E-state index contributed by atoms with van der Waals surface area (Å²) in [6, 6.07) is 0. The van der Waals surface area contributed by atoms with Crippen molar-refractivity contribution in [3.8, 4) is 0 Å². The highest BCUT2D eigenvalue weighted by Crippen LogP contribution is 2.40. The largest absolute Gasteiger partial charge is 0.338 e. The molecule has 3 rings (SSSR count). The van der Waals surface area contributed by atoms with E-state index in [2.05, 4.69) is 6.08 Å². The second kappa shape index (κ2) is 2.83. The minimum atomic E-state index is -0.630. The van der Waals surface area contributed by atoms with E-state index in [9.17, 15) is 4.79 Å². The lowest BCUT2D eigenvalue weighted by atomic mass is 10.1. The Bertz CT molecular complexity index is 348. The Hall–Kier alpha value is -0.870. The Morgan fingerprint density at radius 2 is 2.13 bits per heavy atom. The number of hydrogen-bond acceptors (Lipinski definition) is 3. The van der Waals surface area contributed by atoms with Crippen molar-refractivity contribution in [1.82, 2.24) is 4.90 Å².